The second-order valence-electron chi connectivity index (χ2n) is 16.4. The maximum atomic E-state index is 14.2. The summed E-state index contributed by atoms with van der Waals surface area (Å²) in [5.41, 5.74) is -1.64. The van der Waals surface area contributed by atoms with E-state index in [-0.39, 0.29) is 56.4 Å². The summed E-state index contributed by atoms with van der Waals surface area (Å²) in [6.07, 6.45) is 0. The van der Waals surface area contributed by atoms with Gasteiger partial charge in [-0.25, -0.2) is 19.7 Å². The largest absolute Gasteiger partial charge is 0.487 e. The van der Waals surface area contributed by atoms with Crippen molar-refractivity contribution >= 4 is 67.6 Å². The van der Waals surface area contributed by atoms with Gasteiger partial charge in [0.1, 0.15) is 45.4 Å². The molecule has 0 atom stereocenters. The van der Waals surface area contributed by atoms with Crippen LogP contribution in [0.25, 0.3) is 32.7 Å². The summed E-state index contributed by atoms with van der Waals surface area (Å²) >= 11 is 0. The van der Waals surface area contributed by atoms with Gasteiger partial charge in [0.25, 0.3) is 17.5 Å². The van der Waals surface area contributed by atoms with Gasteiger partial charge in [-0.3, -0.25) is 19.7 Å². The molecule has 15 nitrogen and oxygen atoms in total. The van der Waals surface area contributed by atoms with E-state index in [0.717, 1.165) is 0 Å². The number of non-ortho nitro benzene ring substituents is 1. The fourth-order valence-electron chi connectivity index (χ4n) is 6.04. The number of benzene rings is 3. The molecule has 0 bridgehead atoms. The highest BCUT2D eigenvalue weighted by Crippen LogP contribution is 2.37. The van der Waals surface area contributed by atoms with Crippen LogP contribution in [-0.4, -0.2) is 61.6 Å². The van der Waals surface area contributed by atoms with E-state index < -0.39 is 39.5 Å². The third-order valence-electron chi connectivity index (χ3n) is 8.18. The number of para-hydroxylation sites is 3. The fourth-order valence-corrected chi connectivity index (χ4v) is 6.04. The van der Waals surface area contributed by atoms with Gasteiger partial charge >= 0.3 is 5.97 Å². The predicted molar refractivity (Wildman–Crippen MR) is 220 cm³/mol. The highest BCUT2D eigenvalue weighted by atomic mass is 16.6. The molecule has 2 amide bonds. The molecule has 3 heterocycles. The zero-order valence-corrected chi connectivity index (χ0v) is 33.9. The van der Waals surface area contributed by atoms with Gasteiger partial charge in [-0.15, -0.1) is 0 Å². The lowest BCUT2D eigenvalue weighted by molar-refractivity contribution is -0.383. The van der Waals surface area contributed by atoms with Gasteiger partial charge in [0, 0.05) is 40.4 Å². The summed E-state index contributed by atoms with van der Waals surface area (Å²) in [5.74, 6) is -1.13. The molecule has 3 aromatic heterocycles. The highest BCUT2D eigenvalue weighted by Gasteiger charge is 2.26. The number of nitro groups is 1. The van der Waals surface area contributed by atoms with Crippen LogP contribution in [0.5, 0.6) is 17.2 Å². The van der Waals surface area contributed by atoms with Crippen LogP contribution in [0.3, 0.4) is 0 Å². The lowest BCUT2D eigenvalue weighted by atomic mass is 10.1. The van der Waals surface area contributed by atoms with Gasteiger partial charge in [0.2, 0.25) is 0 Å². The molecule has 0 aliphatic heterocycles. The molecule has 300 valence electrons. The fraction of sp³-hybridized carbons (Fsp3) is 0.302. The SMILES string of the molecule is COC(=O)c1cc(OC(C)(C)C)c2cccc(NC(=O)c3cc(OC(C)(C)C)c4cccc(NC(=O)c5cc(OC(C)(C)C)c6cccc([N+](=O)[O-])c6n5)c4n3)c2n1. The Hall–Kier alpha value is -6.90. The number of nitro benzene ring substituents is 1. The van der Waals surface area contributed by atoms with Crippen LogP contribution < -0.4 is 24.8 Å². The van der Waals surface area contributed by atoms with Crippen molar-refractivity contribution in [3.05, 3.63) is 100.0 Å². The number of carbonyl (C=O) groups excluding carboxylic acids is 3. The zero-order valence-electron chi connectivity index (χ0n) is 33.9. The third-order valence-corrected chi connectivity index (χ3v) is 8.18. The number of rotatable bonds is 9. The Morgan fingerprint density at radius 3 is 1.33 bits per heavy atom. The molecule has 2 N–H and O–H groups in total. The Labute approximate surface area is 334 Å². The molecular weight excluding hydrogens is 745 g/mol. The quantitative estimate of drug-likeness (QED) is 0.0803. The minimum absolute atomic E-state index is 0.0195. The molecule has 0 saturated heterocycles. The monoisotopic (exact) mass is 788 g/mol. The molecule has 0 fully saturated rings. The van der Waals surface area contributed by atoms with Gasteiger partial charge in [-0.1, -0.05) is 18.2 Å². The first kappa shape index (κ1) is 40.8. The summed E-state index contributed by atoms with van der Waals surface area (Å²) in [6.45, 7) is 16.6. The molecular formula is C43H44N6O9. The van der Waals surface area contributed by atoms with Gasteiger partial charge in [0.15, 0.2) is 11.2 Å². The smallest absolute Gasteiger partial charge is 0.356 e. The number of anilines is 2. The second kappa shape index (κ2) is 15.2. The predicted octanol–water partition coefficient (Wildman–Crippen LogP) is 9.06. The van der Waals surface area contributed by atoms with E-state index in [2.05, 4.69) is 20.6 Å². The van der Waals surface area contributed by atoms with Crippen LogP contribution in [-0.2, 0) is 4.74 Å². The van der Waals surface area contributed by atoms with E-state index in [9.17, 15) is 24.5 Å². The van der Waals surface area contributed by atoms with Crippen molar-refractivity contribution in [3.8, 4) is 17.2 Å². The average molecular weight is 789 g/mol. The Kier molecular flexibility index (Phi) is 10.7. The number of methoxy groups -OCH3 is 1. The van der Waals surface area contributed by atoms with Crippen molar-refractivity contribution in [2.45, 2.75) is 79.1 Å². The minimum atomic E-state index is -0.710. The van der Waals surface area contributed by atoms with E-state index in [1.165, 1.54) is 37.4 Å². The number of ether oxygens (including phenoxy) is 4. The molecule has 15 heteroatoms. The molecule has 0 radical (unpaired) electrons. The second-order valence-corrected chi connectivity index (χ2v) is 16.4. The molecule has 0 unspecified atom stereocenters. The lowest BCUT2D eigenvalue weighted by Crippen LogP contribution is -2.24. The first-order chi connectivity index (χ1) is 27.1. The Balaban J connectivity index is 1.45. The number of nitrogens with zero attached hydrogens (tertiary/aromatic N) is 4. The molecule has 6 rings (SSSR count). The summed E-state index contributed by atoms with van der Waals surface area (Å²) in [4.78, 5) is 65.9. The first-order valence-corrected chi connectivity index (χ1v) is 18.3. The van der Waals surface area contributed by atoms with Gasteiger partial charge in [-0.05, 0) is 92.6 Å². The first-order valence-electron chi connectivity index (χ1n) is 18.3. The van der Waals surface area contributed by atoms with Crippen LogP contribution in [0.2, 0.25) is 0 Å². The molecule has 0 spiro atoms. The van der Waals surface area contributed by atoms with Crippen LogP contribution in [0.4, 0.5) is 17.1 Å². The summed E-state index contributed by atoms with van der Waals surface area (Å²) in [5, 5.41) is 19.1. The number of fused-ring (bicyclic) bond motifs is 3. The van der Waals surface area contributed by atoms with Gasteiger partial charge in [-0.2, -0.15) is 0 Å². The number of esters is 1. The number of pyridine rings is 3. The van der Waals surface area contributed by atoms with E-state index in [1.807, 2.05) is 62.3 Å². The molecule has 0 aliphatic carbocycles. The lowest BCUT2D eigenvalue weighted by Gasteiger charge is -2.23. The Morgan fingerprint density at radius 1 is 0.569 bits per heavy atom. The number of amides is 2. The molecule has 58 heavy (non-hydrogen) atoms. The van der Waals surface area contributed by atoms with Gasteiger partial charge in [0.05, 0.1) is 34.4 Å². The molecule has 6 aromatic rings. The summed E-state index contributed by atoms with van der Waals surface area (Å²) < 4.78 is 23.6. The number of hydrogen-bond donors (Lipinski definition) is 2. The van der Waals surface area contributed by atoms with Crippen molar-refractivity contribution in [2.75, 3.05) is 17.7 Å². The molecule has 0 saturated carbocycles. The van der Waals surface area contributed by atoms with E-state index in [1.54, 1.807) is 42.5 Å². The van der Waals surface area contributed by atoms with E-state index >= 15 is 0 Å². The summed E-state index contributed by atoms with van der Waals surface area (Å²) in [6, 6.07) is 19.1. The highest BCUT2D eigenvalue weighted by molar-refractivity contribution is 6.13. The van der Waals surface area contributed by atoms with Crippen molar-refractivity contribution < 1.29 is 38.3 Å². The maximum absolute atomic E-state index is 14.2. The van der Waals surface area contributed by atoms with E-state index in [4.69, 9.17) is 23.9 Å². The van der Waals surface area contributed by atoms with Crippen LogP contribution in [0, 0.1) is 10.1 Å². The van der Waals surface area contributed by atoms with Crippen molar-refractivity contribution in [2.24, 2.45) is 0 Å². The molecule has 3 aromatic carbocycles. The van der Waals surface area contributed by atoms with E-state index in [0.29, 0.717) is 27.7 Å². The van der Waals surface area contributed by atoms with Crippen molar-refractivity contribution in [3.63, 3.8) is 0 Å². The van der Waals surface area contributed by atoms with Crippen LogP contribution in [0.15, 0.2) is 72.8 Å². The van der Waals surface area contributed by atoms with Crippen molar-refractivity contribution in [1.82, 2.24) is 15.0 Å². The third kappa shape index (κ3) is 9.04. The number of hydrogen-bond acceptors (Lipinski definition) is 12. The van der Waals surface area contributed by atoms with Crippen molar-refractivity contribution in [1.29, 1.82) is 0 Å². The zero-order chi connectivity index (χ0) is 42.3. The normalized spacial score (nSPS) is 12.0. The number of carbonyl (C=O) groups is 3. The summed E-state index contributed by atoms with van der Waals surface area (Å²) in [7, 11) is 1.24. The van der Waals surface area contributed by atoms with Gasteiger partial charge < -0.3 is 29.6 Å². The maximum Gasteiger partial charge on any atom is 0.356 e. The number of aromatic nitrogens is 3. The Bertz CT molecular complexity index is 2640. The van der Waals surface area contributed by atoms with Crippen LogP contribution in [0.1, 0.15) is 93.8 Å². The van der Waals surface area contributed by atoms with Crippen LogP contribution >= 0.6 is 0 Å². The average Bonchev–Trinajstić information content (AvgIpc) is 3.12. The standard InChI is InChI=1S/C43H44N6O9/c1-41(2,3)56-32-20-28(38(50)48-27-18-12-15-24-34(58-43(7,8)9)22-30(40(52)55-10)46-36(24)27)44-35-23(32)14-11-17-26(35)47-39(51)29-21-33(57-42(4,5)6)25-16-13-19-31(49(53)54)37(25)45-29/h11-22H,1-10H3,(H,47,51)(H,48,50). The molecule has 0 aliphatic rings. The minimum Gasteiger partial charge on any atom is -0.487 e. The number of nitrogens with one attached hydrogen (secondary N) is 2. The topological polar surface area (TPSA) is 194 Å². The Morgan fingerprint density at radius 2 is 0.931 bits per heavy atom.